The second-order valence-corrected chi connectivity index (χ2v) is 9.56. The van der Waals surface area contributed by atoms with Crippen molar-refractivity contribution in [3.05, 3.63) is 120 Å². The fraction of sp³-hybridized carbons (Fsp3) is 0.161. The van der Waals surface area contributed by atoms with Gasteiger partial charge < -0.3 is 14.5 Å². The summed E-state index contributed by atoms with van der Waals surface area (Å²) in [5.41, 5.74) is 7.79. The number of benzene rings is 2. The van der Waals surface area contributed by atoms with Crippen LogP contribution in [0.15, 0.2) is 103 Å². The minimum absolute atomic E-state index is 0.0126. The number of oxime groups is 1. The van der Waals surface area contributed by atoms with Gasteiger partial charge in [0.05, 0.1) is 33.9 Å². The largest absolute Gasteiger partial charge is 0.478 e. The van der Waals surface area contributed by atoms with Gasteiger partial charge in [-0.25, -0.2) is 4.79 Å². The van der Waals surface area contributed by atoms with Crippen molar-refractivity contribution in [3.8, 4) is 11.1 Å². The van der Waals surface area contributed by atoms with Crippen LogP contribution in [0.1, 0.15) is 53.0 Å². The SMILES string of the molecule is CC1=NOC(C)C1c1cnc2c(-c3ccc(C(=O)O)cc3)cn([C@@H](c3ccccc3)c3ccccn3)c2c1. The quantitative estimate of drug-likeness (QED) is 0.294. The molecule has 38 heavy (non-hydrogen) atoms. The first-order valence-electron chi connectivity index (χ1n) is 12.5. The Balaban J connectivity index is 1.60. The minimum atomic E-state index is -0.953. The molecule has 5 aromatic rings. The summed E-state index contributed by atoms with van der Waals surface area (Å²) in [5.74, 6) is -0.940. The maximum absolute atomic E-state index is 11.4. The monoisotopic (exact) mass is 502 g/mol. The Labute approximate surface area is 220 Å². The number of fused-ring (bicyclic) bond motifs is 1. The normalized spacial score (nSPS) is 17.7. The average molecular weight is 503 g/mol. The molecule has 188 valence electrons. The second-order valence-electron chi connectivity index (χ2n) is 9.56. The molecule has 0 spiro atoms. The highest BCUT2D eigenvalue weighted by Gasteiger charge is 2.31. The zero-order valence-electron chi connectivity index (χ0n) is 21.0. The fourth-order valence-electron chi connectivity index (χ4n) is 5.31. The van der Waals surface area contributed by atoms with Crippen molar-refractivity contribution >= 4 is 22.7 Å². The van der Waals surface area contributed by atoms with E-state index in [1.807, 2.05) is 74.8 Å². The molecule has 0 saturated heterocycles. The number of carboxylic acid groups (broad SMARTS) is 1. The summed E-state index contributed by atoms with van der Waals surface area (Å²) in [4.78, 5) is 26.7. The van der Waals surface area contributed by atoms with Gasteiger partial charge in [-0.3, -0.25) is 9.97 Å². The van der Waals surface area contributed by atoms with Crippen molar-refractivity contribution < 1.29 is 14.7 Å². The first-order valence-corrected chi connectivity index (χ1v) is 12.5. The third kappa shape index (κ3) is 4.12. The van der Waals surface area contributed by atoms with Crippen molar-refractivity contribution in [2.24, 2.45) is 5.16 Å². The molecule has 0 bridgehead atoms. The topological polar surface area (TPSA) is 89.6 Å². The van der Waals surface area contributed by atoms with Gasteiger partial charge in [-0.2, -0.15) is 0 Å². The maximum atomic E-state index is 11.4. The molecule has 4 heterocycles. The molecular formula is C31H26N4O3. The fourth-order valence-corrected chi connectivity index (χ4v) is 5.31. The molecule has 1 aliphatic heterocycles. The molecule has 0 fully saturated rings. The highest BCUT2D eigenvalue weighted by atomic mass is 16.6. The van der Waals surface area contributed by atoms with E-state index in [0.29, 0.717) is 0 Å². The summed E-state index contributed by atoms with van der Waals surface area (Å²) in [6.07, 6.45) is 5.72. The lowest BCUT2D eigenvalue weighted by atomic mass is 9.91. The zero-order valence-corrected chi connectivity index (χ0v) is 21.0. The average Bonchev–Trinajstić information content (AvgIpc) is 3.49. The van der Waals surface area contributed by atoms with E-state index in [-0.39, 0.29) is 23.6 Å². The van der Waals surface area contributed by atoms with E-state index in [9.17, 15) is 9.90 Å². The number of rotatable bonds is 6. The van der Waals surface area contributed by atoms with Gasteiger partial charge in [0.2, 0.25) is 0 Å². The summed E-state index contributed by atoms with van der Waals surface area (Å²) in [7, 11) is 0. The summed E-state index contributed by atoms with van der Waals surface area (Å²) in [6, 6.07) is 25.1. The zero-order chi connectivity index (χ0) is 26.2. The van der Waals surface area contributed by atoms with Gasteiger partial charge >= 0.3 is 5.97 Å². The van der Waals surface area contributed by atoms with E-state index >= 15 is 0 Å². The smallest absolute Gasteiger partial charge is 0.335 e. The van der Waals surface area contributed by atoms with Crippen LogP contribution in [0.2, 0.25) is 0 Å². The summed E-state index contributed by atoms with van der Waals surface area (Å²) >= 11 is 0. The van der Waals surface area contributed by atoms with Crippen molar-refractivity contribution in [3.63, 3.8) is 0 Å². The van der Waals surface area contributed by atoms with Gasteiger partial charge in [0.25, 0.3) is 0 Å². The summed E-state index contributed by atoms with van der Waals surface area (Å²) in [6.45, 7) is 4.00. The van der Waals surface area contributed by atoms with Crippen LogP contribution in [0.4, 0.5) is 0 Å². The van der Waals surface area contributed by atoms with Crippen LogP contribution >= 0.6 is 0 Å². The molecular weight excluding hydrogens is 476 g/mol. The highest BCUT2D eigenvalue weighted by molar-refractivity contribution is 5.96. The predicted octanol–water partition coefficient (Wildman–Crippen LogP) is 6.31. The van der Waals surface area contributed by atoms with Crippen molar-refractivity contribution in [2.75, 3.05) is 0 Å². The van der Waals surface area contributed by atoms with Gasteiger partial charge in [-0.05, 0) is 60.9 Å². The lowest BCUT2D eigenvalue weighted by Crippen LogP contribution is -2.17. The Morgan fingerprint density at radius 3 is 2.42 bits per heavy atom. The maximum Gasteiger partial charge on any atom is 0.335 e. The number of carbonyl (C=O) groups is 1. The van der Waals surface area contributed by atoms with E-state index in [1.54, 1.807) is 12.1 Å². The predicted molar refractivity (Wildman–Crippen MR) is 146 cm³/mol. The van der Waals surface area contributed by atoms with Crippen molar-refractivity contribution in [1.82, 2.24) is 14.5 Å². The van der Waals surface area contributed by atoms with Gasteiger partial charge in [-0.15, -0.1) is 0 Å². The van der Waals surface area contributed by atoms with Crippen LogP contribution in [0.25, 0.3) is 22.2 Å². The second kappa shape index (κ2) is 9.59. The Bertz CT molecular complexity index is 1600. The van der Waals surface area contributed by atoms with E-state index in [0.717, 1.165) is 44.7 Å². The molecule has 0 radical (unpaired) electrons. The number of aromatic carboxylic acids is 1. The Kier molecular flexibility index (Phi) is 5.96. The summed E-state index contributed by atoms with van der Waals surface area (Å²) < 4.78 is 2.22. The van der Waals surface area contributed by atoms with Crippen molar-refractivity contribution in [1.29, 1.82) is 0 Å². The molecule has 7 heteroatoms. The first kappa shape index (κ1) is 23.6. The Hall–Kier alpha value is -4.78. The van der Waals surface area contributed by atoms with E-state index in [2.05, 4.69) is 34.1 Å². The summed E-state index contributed by atoms with van der Waals surface area (Å²) in [5, 5.41) is 13.6. The molecule has 6 rings (SSSR count). The molecule has 1 N–H and O–H groups in total. The van der Waals surface area contributed by atoms with Gasteiger partial charge in [0.1, 0.15) is 12.1 Å². The molecule has 7 nitrogen and oxygen atoms in total. The highest BCUT2D eigenvalue weighted by Crippen LogP contribution is 2.38. The van der Waals surface area contributed by atoms with E-state index in [1.165, 1.54) is 0 Å². The standard InChI is InChI=1S/C31H26N4O3/c1-19-28(20(2)38-34-19)24-16-27-29(33-17-24)25(21-11-13-23(14-12-21)31(36)37)18-35(27)30(22-8-4-3-5-9-22)26-10-6-7-15-32-26/h3-18,20,28,30H,1-2H3,(H,36,37)/t20?,28?,30-/m0/s1. The van der Waals surface area contributed by atoms with Crippen LogP contribution in [0.3, 0.4) is 0 Å². The number of pyridine rings is 2. The van der Waals surface area contributed by atoms with Crippen LogP contribution in [0.5, 0.6) is 0 Å². The third-order valence-electron chi connectivity index (χ3n) is 7.14. The molecule has 3 atom stereocenters. The first-order chi connectivity index (χ1) is 18.5. The lowest BCUT2D eigenvalue weighted by Gasteiger charge is -2.21. The van der Waals surface area contributed by atoms with Crippen molar-refractivity contribution in [2.45, 2.75) is 31.9 Å². The minimum Gasteiger partial charge on any atom is -0.478 e. The number of aromatic nitrogens is 3. The van der Waals surface area contributed by atoms with Crippen LogP contribution in [-0.2, 0) is 4.84 Å². The number of nitrogens with zero attached hydrogens (tertiary/aromatic N) is 4. The molecule has 0 amide bonds. The van der Waals surface area contributed by atoms with Gasteiger partial charge in [0.15, 0.2) is 0 Å². The molecule has 3 aromatic heterocycles. The molecule has 2 aromatic carbocycles. The number of carboxylic acids is 1. The molecule has 2 unspecified atom stereocenters. The number of hydrogen-bond acceptors (Lipinski definition) is 5. The Morgan fingerprint density at radius 1 is 1.00 bits per heavy atom. The molecule has 0 saturated carbocycles. The van der Waals surface area contributed by atoms with Gasteiger partial charge in [0, 0.05) is 24.2 Å². The van der Waals surface area contributed by atoms with E-state index < -0.39 is 5.97 Å². The Morgan fingerprint density at radius 2 is 1.76 bits per heavy atom. The third-order valence-corrected chi connectivity index (χ3v) is 7.14. The molecule has 1 aliphatic rings. The lowest BCUT2D eigenvalue weighted by molar-refractivity contribution is 0.0697. The van der Waals surface area contributed by atoms with Crippen LogP contribution in [0, 0.1) is 0 Å². The number of hydrogen-bond donors (Lipinski definition) is 1. The molecule has 0 aliphatic carbocycles. The van der Waals surface area contributed by atoms with E-state index in [4.69, 9.17) is 14.8 Å². The van der Waals surface area contributed by atoms with Gasteiger partial charge in [-0.1, -0.05) is 53.7 Å². The van der Waals surface area contributed by atoms with Crippen LogP contribution in [-0.4, -0.2) is 37.4 Å². The van der Waals surface area contributed by atoms with Crippen LogP contribution < -0.4 is 0 Å².